The highest BCUT2D eigenvalue weighted by Crippen LogP contribution is 2.40. The zero-order chi connectivity index (χ0) is 22.3. The van der Waals surface area contributed by atoms with Crippen LogP contribution in [0, 0.1) is 0 Å². The molecule has 2 aromatic rings. The molecule has 8 heteroatoms. The monoisotopic (exact) mass is 462 g/mol. The number of methoxy groups -OCH3 is 1. The lowest BCUT2D eigenvalue weighted by molar-refractivity contribution is 0.169. The second kappa shape index (κ2) is 8.77. The Morgan fingerprint density at radius 1 is 1.13 bits per heavy atom. The van der Waals surface area contributed by atoms with Crippen LogP contribution in [0.3, 0.4) is 0 Å². The first-order chi connectivity index (χ1) is 14.8. The lowest BCUT2D eigenvalue weighted by Crippen LogP contribution is -2.55. The van der Waals surface area contributed by atoms with Crippen LogP contribution in [0.5, 0.6) is 5.75 Å². The van der Waals surface area contributed by atoms with Gasteiger partial charge in [-0.3, -0.25) is 9.80 Å². The molecule has 2 aliphatic heterocycles. The van der Waals surface area contributed by atoms with Gasteiger partial charge in [-0.05, 0) is 57.1 Å². The second-order valence-electron chi connectivity index (χ2n) is 8.35. The Bertz CT molecular complexity index is 988. The van der Waals surface area contributed by atoms with Crippen molar-refractivity contribution in [1.29, 1.82) is 0 Å². The molecule has 1 saturated heterocycles. The van der Waals surface area contributed by atoms with E-state index in [0.717, 1.165) is 42.2 Å². The van der Waals surface area contributed by atoms with Gasteiger partial charge >= 0.3 is 6.03 Å². The number of carbonyl (C=O) groups is 1. The van der Waals surface area contributed by atoms with E-state index in [1.807, 2.05) is 0 Å². The number of fused-ring (bicyclic) bond motifs is 1. The molecule has 6 nitrogen and oxygen atoms in total. The smallest absolute Gasteiger partial charge is 0.326 e. The van der Waals surface area contributed by atoms with Crippen LogP contribution in [0.4, 0.5) is 21.9 Å². The van der Waals surface area contributed by atoms with E-state index in [4.69, 9.17) is 27.9 Å². The summed E-state index contributed by atoms with van der Waals surface area (Å²) in [6.07, 6.45) is 0.776. The van der Waals surface area contributed by atoms with Crippen molar-refractivity contribution in [2.45, 2.75) is 32.4 Å². The molecule has 0 aliphatic carbocycles. The predicted octanol–water partition coefficient (Wildman–Crippen LogP) is 5.13. The molecule has 2 aliphatic rings. The Morgan fingerprint density at radius 2 is 1.84 bits per heavy atom. The van der Waals surface area contributed by atoms with Crippen molar-refractivity contribution in [3.8, 4) is 5.75 Å². The molecular formula is C23H28Cl2N4O2. The van der Waals surface area contributed by atoms with E-state index in [1.54, 1.807) is 30.2 Å². The number of ether oxygens (including phenoxy) is 1. The Kier molecular flexibility index (Phi) is 6.24. The molecule has 1 N–H and O–H groups in total. The first kappa shape index (κ1) is 22.1. The molecule has 0 aromatic heterocycles. The third-order valence-corrected chi connectivity index (χ3v) is 7.23. The number of piperazine rings is 1. The predicted molar refractivity (Wildman–Crippen MR) is 128 cm³/mol. The fourth-order valence-corrected chi connectivity index (χ4v) is 4.76. The normalized spacial score (nSPS) is 21.2. The summed E-state index contributed by atoms with van der Waals surface area (Å²) in [6, 6.07) is 9.98. The number of amides is 2. The lowest BCUT2D eigenvalue weighted by Gasteiger charge is -2.44. The molecular weight excluding hydrogens is 435 g/mol. The van der Waals surface area contributed by atoms with Gasteiger partial charge in [-0.15, -0.1) is 0 Å². The molecule has 0 radical (unpaired) electrons. The first-order valence-electron chi connectivity index (χ1n) is 10.5. The van der Waals surface area contributed by atoms with Crippen molar-refractivity contribution in [3.63, 3.8) is 0 Å². The van der Waals surface area contributed by atoms with Gasteiger partial charge in [0.1, 0.15) is 5.75 Å². The van der Waals surface area contributed by atoms with Crippen molar-refractivity contribution >= 4 is 46.3 Å². The summed E-state index contributed by atoms with van der Waals surface area (Å²) in [5.41, 5.74) is 3.53. The summed E-state index contributed by atoms with van der Waals surface area (Å²) in [7, 11) is 3.87. The highest BCUT2D eigenvalue weighted by atomic mass is 35.5. The van der Waals surface area contributed by atoms with Crippen LogP contribution < -0.4 is 19.9 Å². The van der Waals surface area contributed by atoms with Gasteiger partial charge < -0.3 is 15.0 Å². The highest BCUT2D eigenvalue weighted by molar-refractivity contribution is 6.44. The number of rotatable bonds is 3. The number of nitrogens with zero attached hydrogens (tertiary/aromatic N) is 3. The number of hydrogen-bond acceptors (Lipinski definition) is 4. The van der Waals surface area contributed by atoms with Gasteiger partial charge in [0, 0.05) is 31.7 Å². The summed E-state index contributed by atoms with van der Waals surface area (Å²) in [6.45, 7) is 6.87. The maximum Gasteiger partial charge on any atom is 0.326 e. The number of likely N-dealkylation sites (N-methyl/N-ethyl adjacent to an activating group) is 1. The quantitative estimate of drug-likeness (QED) is 0.686. The van der Waals surface area contributed by atoms with Crippen molar-refractivity contribution < 1.29 is 9.53 Å². The van der Waals surface area contributed by atoms with Crippen LogP contribution in [0.15, 0.2) is 30.3 Å². The second-order valence-corrected chi connectivity index (χ2v) is 9.14. The van der Waals surface area contributed by atoms with E-state index in [0.29, 0.717) is 34.4 Å². The minimum absolute atomic E-state index is 0.223. The van der Waals surface area contributed by atoms with Crippen LogP contribution in [0.1, 0.15) is 19.4 Å². The van der Waals surface area contributed by atoms with Crippen LogP contribution in [-0.2, 0) is 6.42 Å². The van der Waals surface area contributed by atoms with Gasteiger partial charge in [0.25, 0.3) is 0 Å². The zero-order valence-electron chi connectivity index (χ0n) is 18.3. The van der Waals surface area contributed by atoms with E-state index in [9.17, 15) is 4.79 Å². The molecule has 0 bridgehead atoms. The van der Waals surface area contributed by atoms with Gasteiger partial charge in [0.15, 0.2) is 0 Å². The summed E-state index contributed by atoms with van der Waals surface area (Å²) >= 11 is 12.3. The van der Waals surface area contributed by atoms with E-state index in [1.165, 1.54) is 0 Å². The molecule has 2 atom stereocenters. The number of urea groups is 1. The van der Waals surface area contributed by atoms with E-state index in [-0.39, 0.29) is 6.03 Å². The number of hydrogen-bond donors (Lipinski definition) is 1. The average molecular weight is 463 g/mol. The van der Waals surface area contributed by atoms with Gasteiger partial charge in [-0.1, -0.05) is 29.3 Å². The van der Waals surface area contributed by atoms with E-state index in [2.05, 4.69) is 48.1 Å². The number of carbonyl (C=O) groups excluding carboxylic acids is 1. The molecule has 166 valence electrons. The van der Waals surface area contributed by atoms with Crippen LogP contribution in [0.2, 0.25) is 10.0 Å². The van der Waals surface area contributed by atoms with Crippen LogP contribution >= 0.6 is 23.2 Å². The lowest BCUT2D eigenvalue weighted by atomic mass is 10.1. The molecule has 1 fully saturated rings. The van der Waals surface area contributed by atoms with E-state index < -0.39 is 0 Å². The van der Waals surface area contributed by atoms with Gasteiger partial charge in [0.2, 0.25) is 0 Å². The summed E-state index contributed by atoms with van der Waals surface area (Å²) < 4.78 is 5.73. The third kappa shape index (κ3) is 4.16. The zero-order valence-corrected chi connectivity index (χ0v) is 19.8. The first-order valence-corrected chi connectivity index (χ1v) is 11.3. The van der Waals surface area contributed by atoms with E-state index >= 15 is 0 Å². The summed E-state index contributed by atoms with van der Waals surface area (Å²) in [5.74, 6) is 0.850. The van der Waals surface area contributed by atoms with Gasteiger partial charge in [0.05, 0.1) is 34.2 Å². The average Bonchev–Trinajstić information content (AvgIpc) is 3.17. The molecule has 0 spiro atoms. The summed E-state index contributed by atoms with van der Waals surface area (Å²) in [5, 5.41) is 3.65. The Hall–Kier alpha value is -2.15. The Labute approximate surface area is 193 Å². The Morgan fingerprint density at radius 3 is 2.52 bits per heavy atom. The Balaban J connectivity index is 1.63. The molecule has 2 unspecified atom stereocenters. The van der Waals surface area contributed by atoms with Crippen molar-refractivity contribution in [3.05, 3.63) is 45.9 Å². The number of halogens is 2. The standard InChI is InChI=1S/C23H28Cl2N4O2/c1-14-12-28(13-15(2)27(14)3)20-11-19-16(10-21(20)31-4)8-9-29(19)23(30)26-18-7-5-6-17(24)22(18)25/h5-7,10-11,14-15H,8-9,12-13H2,1-4H3,(H,26,30). The molecule has 2 heterocycles. The van der Waals surface area contributed by atoms with Crippen molar-refractivity contribution in [2.24, 2.45) is 0 Å². The third-order valence-electron chi connectivity index (χ3n) is 6.41. The number of benzene rings is 2. The molecule has 2 amide bonds. The number of anilines is 3. The summed E-state index contributed by atoms with van der Waals surface area (Å²) in [4.78, 5) is 19.6. The maximum atomic E-state index is 13.1. The largest absolute Gasteiger partial charge is 0.495 e. The van der Waals surface area contributed by atoms with Crippen molar-refractivity contribution in [2.75, 3.05) is 48.9 Å². The molecule has 0 saturated carbocycles. The minimum atomic E-state index is -0.223. The molecule has 2 aromatic carbocycles. The molecule has 4 rings (SSSR count). The fraction of sp³-hybridized carbons (Fsp3) is 0.435. The number of nitrogens with one attached hydrogen (secondary N) is 1. The van der Waals surface area contributed by atoms with Crippen LogP contribution in [-0.4, -0.2) is 56.8 Å². The molecule has 31 heavy (non-hydrogen) atoms. The maximum absolute atomic E-state index is 13.1. The SMILES string of the molecule is COc1cc2c(cc1N1CC(C)N(C)C(C)C1)N(C(=O)Nc1cccc(Cl)c1Cl)CC2. The highest BCUT2D eigenvalue weighted by Gasteiger charge is 2.32. The minimum Gasteiger partial charge on any atom is -0.495 e. The van der Waals surface area contributed by atoms with Crippen LogP contribution in [0.25, 0.3) is 0 Å². The van der Waals surface area contributed by atoms with Gasteiger partial charge in [-0.2, -0.15) is 0 Å². The topological polar surface area (TPSA) is 48.1 Å². The fourth-order valence-electron chi connectivity index (χ4n) is 4.41. The van der Waals surface area contributed by atoms with Crippen molar-refractivity contribution in [1.82, 2.24) is 4.90 Å². The van der Waals surface area contributed by atoms with Gasteiger partial charge in [-0.25, -0.2) is 4.79 Å².